The zero-order valence-corrected chi connectivity index (χ0v) is 20.4. The monoisotopic (exact) mass is 556 g/mol. The molecule has 1 fully saturated rings. The summed E-state index contributed by atoms with van der Waals surface area (Å²) in [5, 5.41) is 6.14. The molecule has 1 aromatic rings. The van der Waals surface area contributed by atoms with Crippen LogP contribution in [0.4, 0.5) is 8.78 Å². The van der Waals surface area contributed by atoms with Crippen molar-refractivity contribution in [1.29, 1.82) is 0 Å². The van der Waals surface area contributed by atoms with Crippen molar-refractivity contribution < 1.29 is 27.8 Å². The second-order valence-electron chi connectivity index (χ2n) is 7.03. The number of nitrogens with zero attached hydrogens (tertiary/aromatic N) is 2. The first-order valence-electron chi connectivity index (χ1n) is 9.84. The molecule has 11 heteroatoms. The fourth-order valence-corrected chi connectivity index (χ4v) is 2.85. The molecule has 2 N–H and O–H groups in total. The van der Waals surface area contributed by atoms with Crippen LogP contribution in [0.3, 0.4) is 0 Å². The van der Waals surface area contributed by atoms with Gasteiger partial charge in [0.2, 0.25) is 5.91 Å². The number of carbonyl (C=O) groups is 1. The van der Waals surface area contributed by atoms with E-state index in [0.29, 0.717) is 23.8 Å². The van der Waals surface area contributed by atoms with Crippen molar-refractivity contribution in [3.05, 3.63) is 23.8 Å². The number of hydrogen-bond acceptors (Lipinski definition) is 5. The Labute approximate surface area is 198 Å². The molecule has 0 bridgehead atoms. The van der Waals surface area contributed by atoms with E-state index in [-0.39, 0.29) is 54.8 Å². The number of methoxy groups -OCH3 is 1. The van der Waals surface area contributed by atoms with Gasteiger partial charge in [0.05, 0.1) is 26.3 Å². The first-order valence-corrected chi connectivity index (χ1v) is 9.84. The SMILES string of the molecule is COc1ccc(OC(F)F)c(CN=C(NCC(=O)N(C)C)NCC2CCCCO2)c1.I. The molecule has 1 aliphatic heterocycles. The first kappa shape index (κ1) is 27.1. The lowest BCUT2D eigenvalue weighted by Crippen LogP contribution is -2.45. The summed E-state index contributed by atoms with van der Waals surface area (Å²) < 4.78 is 40.9. The minimum Gasteiger partial charge on any atom is -0.497 e. The van der Waals surface area contributed by atoms with Crippen LogP contribution in [-0.2, 0) is 16.1 Å². The number of alkyl halides is 2. The number of amides is 1. The third-order valence-corrected chi connectivity index (χ3v) is 4.57. The van der Waals surface area contributed by atoms with Crippen molar-refractivity contribution in [2.45, 2.75) is 38.5 Å². The van der Waals surface area contributed by atoms with Gasteiger partial charge in [0, 0.05) is 32.8 Å². The average molecular weight is 556 g/mol. The second-order valence-corrected chi connectivity index (χ2v) is 7.03. The third kappa shape index (κ3) is 9.85. The lowest BCUT2D eigenvalue weighted by Gasteiger charge is -2.24. The van der Waals surface area contributed by atoms with Gasteiger partial charge >= 0.3 is 6.61 Å². The smallest absolute Gasteiger partial charge is 0.387 e. The van der Waals surface area contributed by atoms with E-state index in [9.17, 15) is 13.6 Å². The molecule has 1 heterocycles. The summed E-state index contributed by atoms with van der Waals surface area (Å²) in [5.41, 5.74) is 0.434. The minimum atomic E-state index is -2.95. The molecule has 1 saturated heterocycles. The molecular formula is C20H31F2IN4O4. The van der Waals surface area contributed by atoms with Gasteiger partial charge < -0.3 is 29.7 Å². The van der Waals surface area contributed by atoms with E-state index in [0.717, 1.165) is 25.9 Å². The molecule has 1 aliphatic rings. The number of ether oxygens (including phenoxy) is 3. The lowest BCUT2D eigenvalue weighted by atomic mass is 10.1. The number of likely N-dealkylation sites (N-methyl/N-ethyl adjacent to an activating group) is 1. The van der Waals surface area contributed by atoms with E-state index in [1.807, 2.05) is 0 Å². The zero-order valence-electron chi connectivity index (χ0n) is 18.0. The van der Waals surface area contributed by atoms with E-state index in [2.05, 4.69) is 20.4 Å². The highest BCUT2D eigenvalue weighted by Gasteiger charge is 2.15. The molecule has 1 unspecified atom stereocenters. The second kappa shape index (κ2) is 14.2. The summed E-state index contributed by atoms with van der Waals surface area (Å²) >= 11 is 0. The van der Waals surface area contributed by atoms with Crippen LogP contribution in [0.2, 0.25) is 0 Å². The molecule has 0 spiro atoms. The number of halogens is 3. The van der Waals surface area contributed by atoms with Crippen molar-refractivity contribution in [2.24, 2.45) is 4.99 Å². The van der Waals surface area contributed by atoms with Gasteiger partial charge in [-0.3, -0.25) is 4.79 Å². The van der Waals surface area contributed by atoms with Crippen LogP contribution in [0.1, 0.15) is 24.8 Å². The molecule has 1 amide bonds. The third-order valence-electron chi connectivity index (χ3n) is 4.57. The van der Waals surface area contributed by atoms with Crippen molar-refractivity contribution in [1.82, 2.24) is 15.5 Å². The molecular weight excluding hydrogens is 525 g/mol. The molecule has 0 aliphatic carbocycles. The predicted molar refractivity (Wildman–Crippen MR) is 124 cm³/mol. The Kier molecular flexibility index (Phi) is 12.5. The molecule has 0 saturated carbocycles. The molecule has 31 heavy (non-hydrogen) atoms. The number of guanidine groups is 1. The molecule has 1 aromatic carbocycles. The van der Waals surface area contributed by atoms with Gasteiger partial charge in [-0.05, 0) is 37.5 Å². The number of aliphatic imine (C=N–C) groups is 1. The number of nitrogens with one attached hydrogen (secondary N) is 2. The summed E-state index contributed by atoms with van der Waals surface area (Å²) in [7, 11) is 4.81. The summed E-state index contributed by atoms with van der Waals surface area (Å²) in [5.74, 6) is 0.781. The van der Waals surface area contributed by atoms with Gasteiger partial charge in [-0.2, -0.15) is 8.78 Å². The number of hydrogen-bond donors (Lipinski definition) is 2. The zero-order chi connectivity index (χ0) is 21.9. The van der Waals surface area contributed by atoms with Crippen molar-refractivity contribution in [3.63, 3.8) is 0 Å². The standard InChI is InChI=1S/C20H30F2N4O4.HI/c1-26(2)18(27)13-25-20(24-12-16-6-4-5-9-29-16)23-11-14-10-15(28-3)7-8-17(14)30-19(21)22;/h7-8,10,16,19H,4-6,9,11-13H2,1-3H3,(H2,23,24,25);1H. The van der Waals surface area contributed by atoms with Crippen LogP contribution in [0.15, 0.2) is 23.2 Å². The highest BCUT2D eigenvalue weighted by Crippen LogP contribution is 2.26. The normalized spacial score (nSPS) is 16.3. The van der Waals surface area contributed by atoms with Gasteiger partial charge in [-0.15, -0.1) is 24.0 Å². The van der Waals surface area contributed by atoms with Gasteiger partial charge in [0.25, 0.3) is 0 Å². The quantitative estimate of drug-likeness (QED) is 0.277. The maximum atomic E-state index is 12.7. The Bertz CT molecular complexity index is 716. The maximum absolute atomic E-state index is 12.7. The number of rotatable bonds is 9. The fraction of sp³-hybridized carbons (Fsp3) is 0.600. The van der Waals surface area contributed by atoms with Crippen molar-refractivity contribution in [2.75, 3.05) is 40.9 Å². The maximum Gasteiger partial charge on any atom is 0.387 e. The molecule has 0 aromatic heterocycles. The summed E-state index contributed by atoms with van der Waals surface area (Å²) in [6.45, 7) is -1.60. The van der Waals surface area contributed by atoms with E-state index >= 15 is 0 Å². The molecule has 2 rings (SSSR count). The summed E-state index contributed by atoms with van der Waals surface area (Å²) in [6.07, 6.45) is 3.16. The Hall–Kier alpha value is -1.89. The highest BCUT2D eigenvalue weighted by molar-refractivity contribution is 14.0. The van der Waals surface area contributed by atoms with Crippen molar-refractivity contribution in [3.8, 4) is 11.5 Å². The minimum absolute atomic E-state index is 0. The lowest BCUT2D eigenvalue weighted by molar-refractivity contribution is -0.127. The first-order chi connectivity index (χ1) is 14.4. The van der Waals surface area contributed by atoms with Crippen LogP contribution < -0.4 is 20.1 Å². The molecule has 0 radical (unpaired) electrons. The Morgan fingerprint density at radius 3 is 2.71 bits per heavy atom. The van der Waals surface area contributed by atoms with Crippen LogP contribution >= 0.6 is 24.0 Å². The van der Waals surface area contributed by atoms with Gasteiger partial charge in [0.1, 0.15) is 11.5 Å². The van der Waals surface area contributed by atoms with Gasteiger partial charge in [-0.25, -0.2) is 4.99 Å². The topological polar surface area (TPSA) is 84.4 Å². The summed E-state index contributed by atoms with van der Waals surface area (Å²) in [6, 6.07) is 4.55. The number of carbonyl (C=O) groups excluding carboxylic acids is 1. The molecule has 176 valence electrons. The van der Waals surface area contributed by atoms with E-state index < -0.39 is 6.61 Å². The van der Waals surface area contributed by atoms with E-state index in [1.54, 1.807) is 26.2 Å². The van der Waals surface area contributed by atoms with E-state index in [1.165, 1.54) is 18.1 Å². The van der Waals surface area contributed by atoms with E-state index in [4.69, 9.17) is 9.47 Å². The Balaban J connectivity index is 0.00000480. The van der Waals surface area contributed by atoms with Crippen LogP contribution in [0.25, 0.3) is 0 Å². The van der Waals surface area contributed by atoms with Gasteiger partial charge in [-0.1, -0.05) is 0 Å². The molecule has 1 atom stereocenters. The Morgan fingerprint density at radius 2 is 2.10 bits per heavy atom. The largest absolute Gasteiger partial charge is 0.497 e. The number of benzene rings is 1. The fourth-order valence-electron chi connectivity index (χ4n) is 2.85. The summed E-state index contributed by atoms with van der Waals surface area (Å²) in [4.78, 5) is 17.8. The van der Waals surface area contributed by atoms with Crippen LogP contribution in [0, 0.1) is 0 Å². The molecule has 8 nitrogen and oxygen atoms in total. The van der Waals surface area contributed by atoms with Gasteiger partial charge in [0.15, 0.2) is 5.96 Å². The van der Waals surface area contributed by atoms with Crippen LogP contribution in [0.5, 0.6) is 11.5 Å². The average Bonchev–Trinajstić information content (AvgIpc) is 2.74. The Morgan fingerprint density at radius 1 is 1.32 bits per heavy atom. The predicted octanol–water partition coefficient (Wildman–Crippen LogP) is 2.61. The van der Waals surface area contributed by atoms with Crippen LogP contribution in [-0.4, -0.2) is 70.4 Å². The highest BCUT2D eigenvalue weighted by atomic mass is 127. The van der Waals surface area contributed by atoms with Crippen molar-refractivity contribution >= 4 is 35.8 Å².